The molecule has 0 aromatic heterocycles. The van der Waals surface area contributed by atoms with Crippen molar-refractivity contribution in [2.75, 3.05) is 18.8 Å². The number of likely N-dealkylation sites (N-methyl/N-ethyl adjacent to an activating group) is 1. The average molecular weight is 325 g/mol. The first-order valence-corrected chi connectivity index (χ1v) is 7.78. The Morgan fingerprint density at radius 1 is 1.45 bits per heavy atom. The van der Waals surface area contributed by atoms with Crippen LogP contribution in [-0.4, -0.2) is 36.5 Å². The van der Waals surface area contributed by atoms with Crippen molar-refractivity contribution >= 4 is 27.3 Å². The summed E-state index contributed by atoms with van der Waals surface area (Å²) in [5, 5.41) is 9.79. The van der Waals surface area contributed by atoms with Gasteiger partial charge < -0.3 is 10.8 Å². The van der Waals surface area contributed by atoms with E-state index >= 15 is 0 Å². The Labute approximate surface area is 123 Å². The molecule has 20 heavy (non-hydrogen) atoms. The van der Waals surface area contributed by atoms with E-state index < -0.39 is 26.3 Å². The van der Waals surface area contributed by atoms with Gasteiger partial charge in [0.1, 0.15) is 4.90 Å². The standard InChI is InChI=1S/C12H18ClFN2O3S/c1-4-16(7-12(2,3)17)20(18,19)10-6-8(13)5-9(15)11(10)14/h5-6,17H,4,7,15H2,1-3H3. The fourth-order valence-corrected chi connectivity index (χ4v) is 3.73. The van der Waals surface area contributed by atoms with Crippen LogP contribution in [0.4, 0.5) is 10.1 Å². The lowest BCUT2D eigenvalue weighted by Crippen LogP contribution is -2.42. The van der Waals surface area contributed by atoms with E-state index in [1.807, 2.05) is 0 Å². The highest BCUT2D eigenvalue weighted by atomic mass is 35.5. The summed E-state index contributed by atoms with van der Waals surface area (Å²) < 4.78 is 39.8. The molecular formula is C12H18ClFN2O3S. The lowest BCUT2D eigenvalue weighted by molar-refractivity contribution is 0.0601. The third-order valence-corrected chi connectivity index (χ3v) is 4.70. The summed E-state index contributed by atoms with van der Waals surface area (Å²) in [7, 11) is -4.13. The van der Waals surface area contributed by atoms with Gasteiger partial charge >= 0.3 is 0 Å². The van der Waals surface area contributed by atoms with Crippen molar-refractivity contribution in [3.63, 3.8) is 0 Å². The second-order valence-corrected chi connectivity index (χ2v) is 7.39. The van der Waals surface area contributed by atoms with Crippen molar-refractivity contribution in [1.29, 1.82) is 0 Å². The zero-order chi connectivity index (χ0) is 15.7. The van der Waals surface area contributed by atoms with Crippen molar-refractivity contribution < 1.29 is 17.9 Å². The normalized spacial score (nSPS) is 12.9. The van der Waals surface area contributed by atoms with Crippen LogP contribution in [0.1, 0.15) is 20.8 Å². The van der Waals surface area contributed by atoms with Gasteiger partial charge in [-0.15, -0.1) is 0 Å². The summed E-state index contributed by atoms with van der Waals surface area (Å²) in [6.45, 7) is 4.44. The Hall–Kier alpha value is -0.890. The van der Waals surface area contributed by atoms with E-state index in [2.05, 4.69) is 0 Å². The zero-order valence-electron chi connectivity index (χ0n) is 11.5. The number of benzene rings is 1. The van der Waals surface area contributed by atoms with E-state index in [0.29, 0.717) is 0 Å². The van der Waals surface area contributed by atoms with E-state index in [9.17, 15) is 17.9 Å². The van der Waals surface area contributed by atoms with E-state index in [1.54, 1.807) is 6.92 Å². The molecule has 0 saturated heterocycles. The molecule has 114 valence electrons. The Bertz CT molecular complexity index is 599. The number of nitrogen functional groups attached to an aromatic ring is 1. The summed E-state index contributed by atoms with van der Waals surface area (Å²) in [6.07, 6.45) is 0. The summed E-state index contributed by atoms with van der Waals surface area (Å²) in [5.74, 6) is -1.04. The van der Waals surface area contributed by atoms with Crippen LogP contribution in [0.2, 0.25) is 5.02 Å². The van der Waals surface area contributed by atoms with Crippen molar-refractivity contribution in [3.8, 4) is 0 Å². The molecule has 0 unspecified atom stereocenters. The third-order valence-electron chi connectivity index (χ3n) is 2.57. The summed E-state index contributed by atoms with van der Waals surface area (Å²) in [6, 6.07) is 2.15. The van der Waals surface area contributed by atoms with Crippen LogP contribution in [0, 0.1) is 5.82 Å². The minimum atomic E-state index is -4.13. The summed E-state index contributed by atoms with van der Waals surface area (Å²) in [4.78, 5) is -0.589. The predicted octanol–water partition coefficient (Wildman–Crippen LogP) is 1.84. The number of hydrogen-bond donors (Lipinski definition) is 2. The number of rotatable bonds is 5. The maximum absolute atomic E-state index is 14.0. The minimum Gasteiger partial charge on any atom is -0.396 e. The monoisotopic (exact) mass is 324 g/mol. The third kappa shape index (κ3) is 3.82. The molecule has 0 spiro atoms. The van der Waals surface area contributed by atoms with Crippen molar-refractivity contribution in [3.05, 3.63) is 23.0 Å². The number of halogens is 2. The van der Waals surface area contributed by atoms with Gasteiger partial charge in [0.05, 0.1) is 11.3 Å². The zero-order valence-corrected chi connectivity index (χ0v) is 13.1. The summed E-state index contributed by atoms with van der Waals surface area (Å²) in [5.41, 5.74) is 3.81. The van der Waals surface area contributed by atoms with Crippen LogP contribution >= 0.6 is 11.6 Å². The molecule has 1 aromatic rings. The molecular weight excluding hydrogens is 307 g/mol. The Kier molecular flexibility index (Phi) is 5.02. The van der Waals surface area contributed by atoms with Crippen LogP contribution in [0.25, 0.3) is 0 Å². The minimum absolute atomic E-state index is 0.0294. The Morgan fingerprint density at radius 2 is 2.00 bits per heavy atom. The highest BCUT2D eigenvalue weighted by Gasteiger charge is 2.31. The molecule has 0 heterocycles. The van der Waals surface area contributed by atoms with Crippen LogP contribution in [0.5, 0.6) is 0 Å². The first kappa shape index (κ1) is 17.2. The lowest BCUT2D eigenvalue weighted by Gasteiger charge is -2.27. The highest BCUT2D eigenvalue weighted by Crippen LogP contribution is 2.28. The molecule has 0 radical (unpaired) electrons. The SMILES string of the molecule is CCN(CC(C)(C)O)S(=O)(=O)c1cc(Cl)cc(N)c1F. The van der Waals surface area contributed by atoms with E-state index in [-0.39, 0.29) is 23.8 Å². The number of aliphatic hydroxyl groups is 1. The molecule has 0 aliphatic rings. The number of anilines is 1. The second-order valence-electron chi connectivity index (χ2n) is 5.05. The van der Waals surface area contributed by atoms with E-state index in [1.165, 1.54) is 13.8 Å². The average Bonchev–Trinajstić information content (AvgIpc) is 2.29. The quantitative estimate of drug-likeness (QED) is 0.810. The maximum Gasteiger partial charge on any atom is 0.246 e. The molecule has 0 aliphatic heterocycles. The van der Waals surface area contributed by atoms with Gasteiger partial charge in [0.2, 0.25) is 10.0 Å². The largest absolute Gasteiger partial charge is 0.396 e. The molecule has 8 heteroatoms. The van der Waals surface area contributed by atoms with E-state index in [4.69, 9.17) is 17.3 Å². The Morgan fingerprint density at radius 3 is 2.45 bits per heavy atom. The number of sulfonamides is 1. The Balaban J connectivity index is 3.35. The molecule has 0 bridgehead atoms. The molecule has 0 amide bonds. The van der Waals surface area contributed by atoms with Gasteiger partial charge in [-0.25, -0.2) is 12.8 Å². The number of nitrogens with two attached hydrogens (primary N) is 1. The summed E-state index contributed by atoms with van der Waals surface area (Å²) >= 11 is 5.73. The van der Waals surface area contributed by atoms with Gasteiger partial charge in [-0.2, -0.15) is 4.31 Å². The number of nitrogens with zero attached hydrogens (tertiary/aromatic N) is 1. The van der Waals surface area contributed by atoms with Gasteiger partial charge in [0.25, 0.3) is 0 Å². The van der Waals surface area contributed by atoms with Crippen LogP contribution in [0.3, 0.4) is 0 Å². The predicted molar refractivity (Wildman–Crippen MR) is 76.6 cm³/mol. The highest BCUT2D eigenvalue weighted by molar-refractivity contribution is 7.89. The fraction of sp³-hybridized carbons (Fsp3) is 0.500. The second kappa shape index (κ2) is 5.85. The van der Waals surface area contributed by atoms with E-state index in [0.717, 1.165) is 16.4 Å². The van der Waals surface area contributed by atoms with Gasteiger partial charge in [-0.1, -0.05) is 18.5 Å². The van der Waals surface area contributed by atoms with Gasteiger partial charge in [-0.3, -0.25) is 0 Å². The lowest BCUT2D eigenvalue weighted by atomic mass is 10.1. The molecule has 0 atom stereocenters. The molecule has 0 saturated carbocycles. The van der Waals surface area contributed by atoms with Crippen LogP contribution in [-0.2, 0) is 10.0 Å². The topological polar surface area (TPSA) is 83.6 Å². The van der Waals surface area contributed by atoms with Crippen LogP contribution < -0.4 is 5.73 Å². The molecule has 0 aliphatic carbocycles. The molecule has 0 fully saturated rings. The molecule has 1 aromatic carbocycles. The van der Waals surface area contributed by atoms with Gasteiger partial charge in [0.15, 0.2) is 5.82 Å². The smallest absolute Gasteiger partial charge is 0.246 e. The van der Waals surface area contributed by atoms with Crippen molar-refractivity contribution in [1.82, 2.24) is 4.31 Å². The molecule has 1 rings (SSSR count). The maximum atomic E-state index is 14.0. The molecule has 5 nitrogen and oxygen atoms in total. The van der Waals surface area contributed by atoms with Gasteiger partial charge in [0, 0.05) is 18.1 Å². The number of hydrogen-bond acceptors (Lipinski definition) is 4. The fourth-order valence-electron chi connectivity index (χ4n) is 1.71. The van der Waals surface area contributed by atoms with Crippen LogP contribution in [0.15, 0.2) is 17.0 Å². The van der Waals surface area contributed by atoms with Crippen molar-refractivity contribution in [2.24, 2.45) is 0 Å². The first-order valence-electron chi connectivity index (χ1n) is 5.96. The molecule has 3 N–H and O–H groups in total. The first-order chi connectivity index (χ1) is 8.99. The van der Waals surface area contributed by atoms with Crippen molar-refractivity contribution in [2.45, 2.75) is 31.3 Å². The van der Waals surface area contributed by atoms with Gasteiger partial charge in [-0.05, 0) is 26.0 Å².